The molecule has 0 fully saturated rings. The number of aliphatic hydroxyl groups excluding tert-OH is 2. The van der Waals surface area contributed by atoms with Crippen molar-refractivity contribution in [1.29, 1.82) is 0 Å². The summed E-state index contributed by atoms with van der Waals surface area (Å²) in [5.41, 5.74) is -5.91. The Balaban J connectivity index is 2.43. The standard InChI is InChI=1S/C12H10F4O2/c13-7-5-11(15,3-1-9(7)17)12(16)4-2-10(18)8(14)6-12/h1-6,9-10,17-18H. The van der Waals surface area contributed by atoms with Crippen molar-refractivity contribution in [3.63, 3.8) is 0 Å². The highest BCUT2D eigenvalue weighted by atomic mass is 19.2. The average Bonchev–Trinajstić information content (AvgIpc) is 2.30. The third kappa shape index (κ3) is 1.91. The Morgan fingerprint density at radius 1 is 0.833 bits per heavy atom. The number of allylic oxidation sites excluding steroid dienone is 4. The van der Waals surface area contributed by atoms with Gasteiger partial charge in [-0.05, 0) is 36.5 Å². The highest BCUT2D eigenvalue weighted by Gasteiger charge is 2.51. The highest BCUT2D eigenvalue weighted by molar-refractivity contribution is 5.42. The fourth-order valence-corrected chi connectivity index (χ4v) is 1.79. The Hall–Kier alpha value is -1.40. The molecule has 18 heavy (non-hydrogen) atoms. The molecule has 98 valence electrons. The smallest absolute Gasteiger partial charge is 0.191 e. The number of aliphatic hydroxyl groups is 2. The molecular formula is C12H10F4O2. The Morgan fingerprint density at radius 3 is 1.44 bits per heavy atom. The minimum absolute atomic E-state index is 0.253. The minimum Gasteiger partial charge on any atom is -0.382 e. The molecule has 0 amide bonds. The van der Waals surface area contributed by atoms with Crippen molar-refractivity contribution in [1.82, 2.24) is 0 Å². The molecule has 0 aliphatic heterocycles. The molecule has 0 aromatic rings. The SMILES string of the molecule is OC1C=CC(F)(C2(F)C=CC(O)C(F)=C2)C=C1F. The van der Waals surface area contributed by atoms with Crippen LogP contribution in [0.5, 0.6) is 0 Å². The van der Waals surface area contributed by atoms with E-state index in [1.54, 1.807) is 0 Å². The van der Waals surface area contributed by atoms with Crippen LogP contribution >= 0.6 is 0 Å². The maximum absolute atomic E-state index is 14.3. The zero-order chi connectivity index (χ0) is 13.6. The lowest BCUT2D eigenvalue weighted by Gasteiger charge is -2.34. The van der Waals surface area contributed by atoms with Crippen LogP contribution in [0.15, 0.2) is 48.1 Å². The molecule has 0 spiro atoms. The highest BCUT2D eigenvalue weighted by Crippen LogP contribution is 2.42. The summed E-state index contributed by atoms with van der Waals surface area (Å²) in [6.45, 7) is 0. The van der Waals surface area contributed by atoms with E-state index in [-0.39, 0.29) is 12.2 Å². The van der Waals surface area contributed by atoms with Gasteiger partial charge in [0.05, 0.1) is 0 Å². The molecule has 2 rings (SSSR count). The molecule has 0 radical (unpaired) electrons. The first-order valence-electron chi connectivity index (χ1n) is 5.17. The van der Waals surface area contributed by atoms with Gasteiger partial charge >= 0.3 is 0 Å². The van der Waals surface area contributed by atoms with Gasteiger partial charge in [0.2, 0.25) is 0 Å². The lowest BCUT2D eigenvalue weighted by molar-refractivity contribution is 0.0907. The molecule has 0 saturated carbocycles. The van der Waals surface area contributed by atoms with Crippen LogP contribution in [0.1, 0.15) is 0 Å². The van der Waals surface area contributed by atoms with Gasteiger partial charge in [0.1, 0.15) is 23.9 Å². The van der Waals surface area contributed by atoms with Crippen molar-refractivity contribution >= 4 is 0 Å². The van der Waals surface area contributed by atoms with Gasteiger partial charge in [0.15, 0.2) is 11.3 Å². The fraction of sp³-hybridized carbons (Fsp3) is 0.333. The van der Waals surface area contributed by atoms with Crippen LogP contribution in [0, 0.1) is 0 Å². The van der Waals surface area contributed by atoms with Crippen molar-refractivity contribution < 1.29 is 27.8 Å². The molecule has 0 aromatic carbocycles. The van der Waals surface area contributed by atoms with E-state index in [1.165, 1.54) is 0 Å². The fourth-order valence-electron chi connectivity index (χ4n) is 1.79. The molecule has 0 bridgehead atoms. The number of hydrogen-bond acceptors (Lipinski definition) is 2. The van der Waals surface area contributed by atoms with Crippen molar-refractivity contribution in [2.45, 2.75) is 23.5 Å². The molecule has 0 heterocycles. The maximum Gasteiger partial charge on any atom is 0.191 e. The Kier molecular flexibility index (Phi) is 2.95. The molecule has 0 saturated heterocycles. The summed E-state index contributed by atoms with van der Waals surface area (Å²) in [6, 6.07) is 0. The van der Waals surface area contributed by atoms with Crippen LogP contribution in [0.2, 0.25) is 0 Å². The first-order valence-corrected chi connectivity index (χ1v) is 5.17. The molecular weight excluding hydrogens is 252 g/mol. The summed E-state index contributed by atoms with van der Waals surface area (Å²) in [5, 5.41) is 18.0. The Bertz CT molecular complexity index is 438. The van der Waals surface area contributed by atoms with E-state index in [2.05, 4.69) is 0 Å². The van der Waals surface area contributed by atoms with Gasteiger partial charge in [-0.3, -0.25) is 0 Å². The van der Waals surface area contributed by atoms with Crippen LogP contribution in [0.4, 0.5) is 17.6 Å². The quantitative estimate of drug-likeness (QED) is 0.560. The number of alkyl halides is 2. The van der Waals surface area contributed by atoms with Gasteiger partial charge < -0.3 is 10.2 Å². The monoisotopic (exact) mass is 262 g/mol. The van der Waals surface area contributed by atoms with Gasteiger partial charge in [-0.15, -0.1) is 0 Å². The van der Waals surface area contributed by atoms with Crippen LogP contribution < -0.4 is 0 Å². The summed E-state index contributed by atoms with van der Waals surface area (Å²) in [6.07, 6.45) is -0.0526. The van der Waals surface area contributed by atoms with Gasteiger partial charge in [0.25, 0.3) is 0 Å². The Labute approximate surface area is 100 Å². The topological polar surface area (TPSA) is 40.5 Å². The predicted octanol–water partition coefficient (Wildman–Crippen LogP) is 1.97. The lowest BCUT2D eigenvalue weighted by atomic mass is 9.79. The number of rotatable bonds is 1. The molecule has 0 aromatic heterocycles. The number of hydrogen-bond donors (Lipinski definition) is 2. The zero-order valence-electron chi connectivity index (χ0n) is 9.03. The summed E-state index contributed by atoms with van der Waals surface area (Å²) in [4.78, 5) is 0. The minimum atomic E-state index is -2.95. The molecule has 2 aliphatic rings. The van der Waals surface area contributed by atoms with Crippen molar-refractivity contribution in [3.8, 4) is 0 Å². The van der Waals surface area contributed by atoms with Crippen LogP contribution in [0.3, 0.4) is 0 Å². The van der Waals surface area contributed by atoms with E-state index in [9.17, 15) is 17.6 Å². The normalized spacial score (nSPS) is 43.7. The summed E-state index contributed by atoms with van der Waals surface area (Å²) in [5.74, 6) is -2.52. The average molecular weight is 262 g/mol. The van der Waals surface area contributed by atoms with Gasteiger partial charge in [-0.25, -0.2) is 17.6 Å². The van der Waals surface area contributed by atoms with Crippen LogP contribution in [-0.2, 0) is 0 Å². The van der Waals surface area contributed by atoms with Crippen molar-refractivity contribution in [2.24, 2.45) is 0 Å². The van der Waals surface area contributed by atoms with E-state index in [4.69, 9.17) is 10.2 Å². The van der Waals surface area contributed by atoms with Crippen LogP contribution in [-0.4, -0.2) is 33.8 Å². The largest absolute Gasteiger partial charge is 0.382 e. The first kappa shape index (κ1) is 13.0. The summed E-state index contributed by atoms with van der Waals surface area (Å²) < 4.78 is 54.9. The van der Waals surface area contributed by atoms with Crippen molar-refractivity contribution in [3.05, 3.63) is 48.1 Å². The zero-order valence-corrected chi connectivity index (χ0v) is 9.03. The second kappa shape index (κ2) is 4.07. The first-order chi connectivity index (χ1) is 8.27. The van der Waals surface area contributed by atoms with Gasteiger partial charge in [0, 0.05) is 0 Å². The van der Waals surface area contributed by atoms with E-state index in [1.807, 2.05) is 0 Å². The lowest BCUT2D eigenvalue weighted by Crippen LogP contribution is -2.45. The summed E-state index contributed by atoms with van der Waals surface area (Å²) in [7, 11) is 0. The van der Waals surface area contributed by atoms with E-state index < -0.39 is 35.2 Å². The van der Waals surface area contributed by atoms with Gasteiger partial charge in [-0.2, -0.15) is 0 Å². The third-order valence-corrected chi connectivity index (χ3v) is 2.89. The predicted molar refractivity (Wildman–Crippen MR) is 56.4 cm³/mol. The molecule has 4 unspecified atom stereocenters. The van der Waals surface area contributed by atoms with Crippen molar-refractivity contribution in [2.75, 3.05) is 0 Å². The molecule has 2 N–H and O–H groups in total. The van der Waals surface area contributed by atoms with Crippen LogP contribution in [0.25, 0.3) is 0 Å². The van der Waals surface area contributed by atoms with Gasteiger partial charge in [-0.1, -0.05) is 0 Å². The Morgan fingerprint density at radius 2 is 1.17 bits per heavy atom. The third-order valence-electron chi connectivity index (χ3n) is 2.89. The molecule has 2 nitrogen and oxygen atoms in total. The summed E-state index contributed by atoms with van der Waals surface area (Å²) >= 11 is 0. The number of halogens is 4. The van der Waals surface area contributed by atoms with E-state index in [0.717, 1.165) is 12.2 Å². The second-order valence-electron chi connectivity index (χ2n) is 4.20. The molecule has 4 atom stereocenters. The molecule has 6 heteroatoms. The molecule has 2 aliphatic carbocycles. The second-order valence-corrected chi connectivity index (χ2v) is 4.20. The van der Waals surface area contributed by atoms with E-state index in [0.29, 0.717) is 12.2 Å². The van der Waals surface area contributed by atoms with E-state index >= 15 is 0 Å². The maximum atomic E-state index is 14.3.